The van der Waals surface area contributed by atoms with Gasteiger partial charge >= 0.3 is 0 Å². The average Bonchev–Trinajstić information content (AvgIpc) is 2.60. The Bertz CT molecular complexity index is 1220. The molecule has 0 bridgehead atoms. The molecule has 4 aromatic heterocycles. The van der Waals surface area contributed by atoms with Gasteiger partial charge in [0.05, 0.1) is 0 Å². The highest BCUT2D eigenvalue weighted by molar-refractivity contribution is 6.10. The first-order valence-corrected chi connectivity index (χ1v) is 7.87. The molecule has 5 aromatic rings. The van der Waals surface area contributed by atoms with Crippen molar-refractivity contribution >= 4 is 32.6 Å². The largest absolute Gasteiger partial charge is 0.214 e. The summed E-state index contributed by atoms with van der Waals surface area (Å²) in [5.41, 5.74) is 3.80. The quantitative estimate of drug-likeness (QED) is 0.233. The van der Waals surface area contributed by atoms with Gasteiger partial charge in [-0.2, -0.15) is 8.80 Å². The van der Waals surface area contributed by atoms with Crippen LogP contribution >= 0.6 is 0 Å². The molecule has 0 aliphatic rings. The fourth-order valence-electron chi connectivity index (χ4n) is 3.62. The van der Waals surface area contributed by atoms with E-state index >= 15 is 0 Å². The highest BCUT2D eigenvalue weighted by Gasteiger charge is 2.15. The highest BCUT2D eigenvalue weighted by atomic mass is 14.8. The second-order valence-electron chi connectivity index (χ2n) is 6.09. The number of pyridine rings is 4. The Hall–Kier alpha value is -3.00. The molecule has 108 valence electrons. The zero-order chi connectivity index (χ0) is 15.4. The summed E-state index contributed by atoms with van der Waals surface area (Å²) in [6, 6.07) is 19.4. The topological polar surface area (TPSA) is 8.20 Å². The summed E-state index contributed by atoms with van der Waals surface area (Å²) in [6.45, 7) is 2.22. The third-order valence-electron chi connectivity index (χ3n) is 4.73. The van der Waals surface area contributed by atoms with E-state index < -0.39 is 0 Å². The molecule has 5 rings (SSSR count). The number of benzene rings is 1. The molecule has 0 aliphatic heterocycles. The van der Waals surface area contributed by atoms with Crippen molar-refractivity contribution in [3.63, 3.8) is 0 Å². The molecule has 0 atom stereocenters. The van der Waals surface area contributed by atoms with E-state index in [4.69, 9.17) is 0 Å². The summed E-state index contributed by atoms with van der Waals surface area (Å²) in [7, 11) is 0. The smallest absolute Gasteiger partial charge is 0.167 e. The van der Waals surface area contributed by atoms with Gasteiger partial charge in [0.2, 0.25) is 11.0 Å². The Morgan fingerprint density at radius 2 is 1.48 bits per heavy atom. The molecule has 0 unspecified atom stereocenters. The van der Waals surface area contributed by atoms with Crippen molar-refractivity contribution in [2.45, 2.75) is 6.92 Å². The summed E-state index contributed by atoms with van der Waals surface area (Å²) >= 11 is 0. The lowest BCUT2D eigenvalue weighted by Gasteiger charge is -2.06. The van der Waals surface area contributed by atoms with Crippen LogP contribution in [-0.4, -0.2) is 0 Å². The number of aromatic nitrogens is 2. The van der Waals surface area contributed by atoms with Crippen LogP contribution in [0.2, 0.25) is 0 Å². The van der Waals surface area contributed by atoms with Gasteiger partial charge < -0.3 is 0 Å². The number of hydrogen-bond donors (Lipinski definition) is 0. The summed E-state index contributed by atoms with van der Waals surface area (Å²) in [5.74, 6) is 0. The number of fused-ring (bicyclic) bond motifs is 5. The second-order valence-corrected chi connectivity index (χ2v) is 6.09. The molecule has 1 aromatic carbocycles. The average molecular weight is 296 g/mol. The fourth-order valence-corrected chi connectivity index (χ4v) is 3.62. The molecule has 0 N–H and O–H groups in total. The minimum absolute atomic E-state index is 1.22. The van der Waals surface area contributed by atoms with Gasteiger partial charge in [0.25, 0.3) is 0 Å². The van der Waals surface area contributed by atoms with E-state index in [1.807, 2.05) is 0 Å². The number of aryl methyl sites for hydroxylation is 1. The van der Waals surface area contributed by atoms with Crippen molar-refractivity contribution in [2.24, 2.45) is 0 Å². The van der Waals surface area contributed by atoms with Gasteiger partial charge in [-0.15, -0.1) is 0 Å². The monoisotopic (exact) mass is 296 g/mol. The SMILES string of the molecule is Cc1c2c(ccc3c[n+]4ccccc4cc32)c[n+]2ccccc12. The van der Waals surface area contributed by atoms with Gasteiger partial charge in [-0.05, 0) is 31.2 Å². The Kier molecular flexibility index (Phi) is 2.45. The van der Waals surface area contributed by atoms with Crippen LogP contribution in [0.25, 0.3) is 32.6 Å². The van der Waals surface area contributed by atoms with E-state index in [0.29, 0.717) is 0 Å². The van der Waals surface area contributed by atoms with E-state index in [-0.39, 0.29) is 0 Å². The molecule has 0 saturated carbocycles. The molecule has 23 heavy (non-hydrogen) atoms. The van der Waals surface area contributed by atoms with E-state index in [2.05, 4.69) is 95.1 Å². The molecule has 0 spiro atoms. The van der Waals surface area contributed by atoms with Crippen molar-refractivity contribution < 1.29 is 8.80 Å². The predicted molar refractivity (Wildman–Crippen MR) is 92.5 cm³/mol. The number of hydrogen-bond acceptors (Lipinski definition) is 0. The van der Waals surface area contributed by atoms with Crippen LogP contribution in [0.1, 0.15) is 5.56 Å². The third-order valence-corrected chi connectivity index (χ3v) is 4.73. The zero-order valence-electron chi connectivity index (χ0n) is 12.9. The Labute approximate surface area is 133 Å². The van der Waals surface area contributed by atoms with Crippen molar-refractivity contribution in [3.05, 3.63) is 84.9 Å². The van der Waals surface area contributed by atoms with E-state index in [9.17, 15) is 0 Å². The highest BCUT2D eigenvalue weighted by Crippen LogP contribution is 2.28. The molecule has 0 radical (unpaired) electrons. The lowest BCUT2D eigenvalue weighted by Crippen LogP contribution is -2.22. The first-order chi connectivity index (χ1) is 11.3. The lowest BCUT2D eigenvalue weighted by atomic mass is 9.99. The van der Waals surface area contributed by atoms with Crippen LogP contribution in [0, 0.1) is 6.92 Å². The van der Waals surface area contributed by atoms with E-state index in [1.54, 1.807) is 0 Å². The first-order valence-electron chi connectivity index (χ1n) is 7.87. The summed E-state index contributed by atoms with van der Waals surface area (Å²) in [5, 5.41) is 5.21. The van der Waals surface area contributed by atoms with E-state index in [1.165, 1.54) is 38.1 Å². The van der Waals surface area contributed by atoms with Gasteiger partial charge in [0, 0.05) is 57.4 Å². The second kappa shape index (κ2) is 4.50. The van der Waals surface area contributed by atoms with Gasteiger partial charge in [0.15, 0.2) is 24.8 Å². The van der Waals surface area contributed by atoms with Gasteiger partial charge in [-0.25, -0.2) is 0 Å². The Morgan fingerprint density at radius 3 is 2.39 bits per heavy atom. The van der Waals surface area contributed by atoms with E-state index in [0.717, 1.165) is 0 Å². The summed E-state index contributed by atoms with van der Waals surface area (Å²) < 4.78 is 4.39. The maximum atomic E-state index is 2.30. The van der Waals surface area contributed by atoms with Crippen LogP contribution < -0.4 is 8.80 Å². The van der Waals surface area contributed by atoms with Gasteiger partial charge in [-0.3, -0.25) is 0 Å². The van der Waals surface area contributed by atoms with Crippen molar-refractivity contribution in [1.29, 1.82) is 0 Å². The minimum atomic E-state index is 1.22. The number of nitrogens with zero attached hydrogens (tertiary/aromatic N) is 2. The van der Waals surface area contributed by atoms with Crippen LogP contribution in [0.15, 0.2) is 79.4 Å². The van der Waals surface area contributed by atoms with Gasteiger partial charge in [-0.1, -0.05) is 0 Å². The fraction of sp³-hybridized carbons (Fsp3) is 0.0476. The molecular formula is C21H16N2+2. The van der Waals surface area contributed by atoms with Crippen LogP contribution in [0.5, 0.6) is 0 Å². The molecule has 0 amide bonds. The Morgan fingerprint density at radius 1 is 0.739 bits per heavy atom. The predicted octanol–water partition coefficient (Wildman–Crippen LogP) is 3.78. The third kappa shape index (κ3) is 1.75. The maximum Gasteiger partial charge on any atom is 0.214 e. The molecule has 0 aliphatic carbocycles. The zero-order valence-corrected chi connectivity index (χ0v) is 12.9. The Balaban J connectivity index is 2.05. The maximum absolute atomic E-state index is 2.30. The molecule has 2 nitrogen and oxygen atoms in total. The van der Waals surface area contributed by atoms with Crippen molar-refractivity contribution in [1.82, 2.24) is 0 Å². The summed E-state index contributed by atoms with van der Waals surface area (Å²) in [4.78, 5) is 0. The molecular weight excluding hydrogens is 280 g/mol. The first kappa shape index (κ1) is 12.5. The molecule has 2 heteroatoms. The minimum Gasteiger partial charge on any atom is -0.167 e. The normalized spacial score (nSPS) is 11.7. The van der Waals surface area contributed by atoms with Crippen molar-refractivity contribution in [3.8, 4) is 0 Å². The van der Waals surface area contributed by atoms with Gasteiger partial charge in [0.1, 0.15) is 0 Å². The van der Waals surface area contributed by atoms with Crippen molar-refractivity contribution in [2.75, 3.05) is 0 Å². The van der Waals surface area contributed by atoms with Crippen LogP contribution in [-0.2, 0) is 0 Å². The molecule has 0 saturated heterocycles. The molecule has 4 heterocycles. The standard InChI is InChI=1S/C21H16N2/c1-15-20-7-3-5-11-23(20)14-17-9-8-16-13-22-10-4-2-6-18(22)12-19(16)21(15)17/h2-14H,1H3/q+2. The van der Waals surface area contributed by atoms with Crippen LogP contribution in [0.3, 0.4) is 0 Å². The van der Waals surface area contributed by atoms with Crippen LogP contribution in [0.4, 0.5) is 0 Å². The number of rotatable bonds is 0. The summed E-state index contributed by atoms with van der Waals surface area (Å²) in [6.07, 6.45) is 8.65. The lowest BCUT2D eigenvalue weighted by molar-refractivity contribution is -0.510. The molecule has 0 fully saturated rings.